The van der Waals surface area contributed by atoms with E-state index in [0.717, 1.165) is 18.8 Å². The first-order valence-corrected chi connectivity index (χ1v) is 5.18. The summed E-state index contributed by atoms with van der Waals surface area (Å²) >= 11 is 0. The lowest BCUT2D eigenvalue weighted by Gasteiger charge is -2.36. The number of nitrogens with one attached hydrogen (secondary N) is 1. The van der Waals surface area contributed by atoms with Crippen molar-refractivity contribution in [1.82, 2.24) is 5.32 Å². The number of hydrogen-bond donors (Lipinski definition) is 2. The number of hydrogen-bond acceptors (Lipinski definition) is 2. The van der Waals surface area contributed by atoms with E-state index in [1.807, 2.05) is 7.05 Å². The van der Waals surface area contributed by atoms with Crippen LogP contribution >= 0.6 is 0 Å². The van der Waals surface area contributed by atoms with Gasteiger partial charge in [0.1, 0.15) is 0 Å². The smallest absolute Gasteiger partial charge is 0.0659 e. The second kappa shape index (κ2) is 4.24. The molecule has 3 N–H and O–H groups in total. The zero-order valence-electron chi connectivity index (χ0n) is 8.40. The summed E-state index contributed by atoms with van der Waals surface area (Å²) in [6.07, 6.45) is 7.63. The second-order valence-corrected chi connectivity index (χ2v) is 4.14. The Labute approximate surface area is 75.9 Å². The summed E-state index contributed by atoms with van der Waals surface area (Å²) in [6.45, 7) is 2.27. The van der Waals surface area contributed by atoms with E-state index in [2.05, 4.69) is 12.2 Å². The van der Waals surface area contributed by atoms with E-state index in [0.29, 0.717) is 0 Å². The molecule has 0 amide bonds. The Morgan fingerprint density at radius 3 is 2.42 bits per heavy atom. The standard InChI is InChI=1S/C10H22N2/c1-3-4-9-5-7-10(11,12-2)8-6-9/h9,12H,3-8,11H2,1-2H3. The molecule has 0 atom stereocenters. The van der Waals surface area contributed by atoms with E-state index in [4.69, 9.17) is 5.73 Å². The topological polar surface area (TPSA) is 38.0 Å². The Hall–Kier alpha value is -0.0800. The van der Waals surface area contributed by atoms with Gasteiger partial charge in [0.25, 0.3) is 0 Å². The fourth-order valence-electron chi connectivity index (χ4n) is 2.14. The molecule has 2 heteroatoms. The summed E-state index contributed by atoms with van der Waals surface area (Å²) in [5, 5.41) is 3.22. The van der Waals surface area contributed by atoms with Crippen molar-refractivity contribution in [3.63, 3.8) is 0 Å². The van der Waals surface area contributed by atoms with E-state index < -0.39 is 0 Å². The lowest BCUT2D eigenvalue weighted by atomic mass is 9.80. The predicted molar refractivity (Wildman–Crippen MR) is 52.8 cm³/mol. The van der Waals surface area contributed by atoms with Crippen molar-refractivity contribution in [3.05, 3.63) is 0 Å². The van der Waals surface area contributed by atoms with Crippen molar-refractivity contribution < 1.29 is 0 Å². The van der Waals surface area contributed by atoms with Gasteiger partial charge in [-0.1, -0.05) is 19.8 Å². The quantitative estimate of drug-likeness (QED) is 0.634. The van der Waals surface area contributed by atoms with E-state index in [1.165, 1.54) is 25.7 Å². The maximum Gasteiger partial charge on any atom is 0.0659 e. The summed E-state index contributed by atoms with van der Waals surface area (Å²) in [5.41, 5.74) is 6.05. The van der Waals surface area contributed by atoms with Gasteiger partial charge in [0.2, 0.25) is 0 Å². The van der Waals surface area contributed by atoms with Gasteiger partial charge in [0.05, 0.1) is 5.66 Å². The average molecular weight is 170 g/mol. The van der Waals surface area contributed by atoms with Crippen LogP contribution < -0.4 is 11.1 Å². The predicted octanol–water partition coefficient (Wildman–Crippen LogP) is 1.85. The van der Waals surface area contributed by atoms with Crippen LogP contribution in [0.2, 0.25) is 0 Å². The molecule has 0 aromatic heterocycles. The van der Waals surface area contributed by atoms with Gasteiger partial charge < -0.3 is 11.1 Å². The first kappa shape index (κ1) is 10.0. The lowest BCUT2D eigenvalue weighted by molar-refractivity contribution is 0.197. The molecule has 0 saturated heterocycles. The molecule has 1 fully saturated rings. The van der Waals surface area contributed by atoms with E-state index in [-0.39, 0.29) is 5.66 Å². The summed E-state index contributed by atoms with van der Waals surface area (Å²) in [7, 11) is 1.97. The fourth-order valence-corrected chi connectivity index (χ4v) is 2.14. The Morgan fingerprint density at radius 2 is 2.00 bits per heavy atom. The molecule has 72 valence electrons. The molecule has 0 bridgehead atoms. The van der Waals surface area contributed by atoms with Gasteiger partial charge in [-0.2, -0.15) is 0 Å². The van der Waals surface area contributed by atoms with Crippen molar-refractivity contribution in [3.8, 4) is 0 Å². The van der Waals surface area contributed by atoms with E-state index >= 15 is 0 Å². The molecule has 0 spiro atoms. The Balaban J connectivity index is 2.29. The second-order valence-electron chi connectivity index (χ2n) is 4.14. The number of rotatable bonds is 3. The molecular weight excluding hydrogens is 148 g/mol. The molecule has 1 saturated carbocycles. The SMILES string of the molecule is CCCC1CCC(N)(NC)CC1. The highest BCUT2D eigenvalue weighted by Crippen LogP contribution is 2.30. The monoisotopic (exact) mass is 170 g/mol. The van der Waals surface area contributed by atoms with Crippen LogP contribution in [0, 0.1) is 5.92 Å². The minimum atomic E-state index is -0.0513. The third-order valence-electron chi connectivity index (χ3n) is 3.19. The van der Waals surface area contributed by atoms with Crippen molar-refractivity contribution in [2.24, 2.45) is 11.7 Å². The molecule has 0 aromatic rings. The van der Waals surface area contributed by atoms with E-state index in [9.17, 15) is 0 Å². The minimum Gasteiger partial charge on any atom is -0.313 e. The van der Waals surface area contributed by atoms with Crippen molar-refractivity contribution in [2.45, 2.75) is 51.1 Å². The Bertz CT molecular complexity index is 126. The van der Waals surface area contributed by atoms with Gasteiger partial charge in [-0.3, -0.25) is 0 Å². The molecule has 0 aliphatic heterocycles. The van der Waals surface area contributed by atoms with Crippen LogP contribution in [0.3, 0.4) is 0 Å². The molecule has 1 aliphatic rings. The zero-order valence-corrected chi connectivity index (χ0v) is 8.40. The van der Waals surface area contributed by atoms with Gasteiger partial charge in [0, 0.05) is 0 Å². The largest absolute Gasteiger partial charge is 0.313 e. The molecule has 0 radical (unpaired) electrons. The van der Waals surface area contributed by atoms with Gasteiger partial charge >= 0.3 is 0 Å². The molecule has 0 aromatic carbocycles. The zero-order chi connectivity index (χ0) is 9.03. The van der Waals surface area contributed by atoms with Gasteiger partial charge in [0.15, 0.2) is 0 Å². The maximum atomic E-state index is 6.11. The van der Waals surface area contributed by atoms with Crippen LogP contribution in [0.4, 0.5) is 0 Å². The van der Waals surface area contributed by atoms with Gasteiger partial charge in [-0.15, -0.1) is 0 Å². The summed E-state index contributed by atoms with van der Waals surface area (Å²) < 4.78 is 0. The highest BCUT2D eigenvalue weighted by atomic mass is 15.1. The van der Waals surface area contributed by atoms with E-state index in [1.54, 1.807) is 0 Å². The Kier molecular flexibility index (Phi) is 3.53. The third kappa shape index (κ3) is 2.46. The average Bonchev–Trinajstić information content (AvgIpc) is 2.10. The first-order valence-electron chi connectivity index (χ1n) is 5.18. The van der Waals surface area contributed by atoms with Crippen LogP contribution in [-0.4, -0.2) is 12.7 Å². The normalized spacial score (nSPS) is 36.8. The first-order chi connectivity index (χ1) is 5.70. The summed E-state index contributed by atoms with van der Waals surface area (Å²) in [6, 6.07) is 0. The Morgan fingerprint density at radius 1 is 1.42 bits per heavy atom. The van der Waals surface area contributed by atoms with Crippen LogP contribution in [0.15, 0.2) is 0 Å². The molecule has 2 nitrogen and oxygen atoms in total. The third-order valence-corrected chi connectivity index (χ3v) is 3.19. The van der Waals surface area contributed by atoms with Crippen molar-refractivity contribution in [1.29, 1.82) is 0 Å². The molecule has 1 aliphatic carbocycles. The molecular formula is C10H22N2. The maximum absolute atomic E-state index is 6.11. The molecule has 1 rings (SSSR count). The fraction of sp³-hybridized carbons (Fsp3) is 1.00. The lowest BCUT2D eigenvalue weighted by Crippen LogP contribution is -2.53. The highest BCUT2D eigenvalue weighted by Gasteiger charge is 2.29. The van der Waals surface area contributed by atoms with Crippen LogP contribution in [0.5, 0.6) is 0 Å². The molecule has 0 unspecified atom stereocenters. The van der Waals surface area contributed by atoms with Crippen LogP contribution in [-0.2, 0) is 0 Å². The van der Waals surface area contributed by atoms with Crippen molar-refractivity contribution >= 4 is 0 Å². The summed E-state index contributed by atoms with van der Waals surface area (Å²) in [4.78, 5) is 0. The van der Waals surface area contributed by atoms with Crippen LogP contribution in [0.25, 0.3) is 0 Å². The molecule has 12 heavy (non-hydrogen) atoms. The molecule has 0 heterocycles. The number of nitrogens with two attached hydrogens (primary N) is 1. The highest BCUT2D eigenvalue weighted by molar-refractivity contribution is 4.86. The van der Waals surface area contributed by atoms with Gasteiger partial charge in [-0.05, 0) is 38.6 Å². The summed E-state index contributed by atoms with van der Waals surface area (Å²) in [5.74, 6) is 0.944. The van der Waals surface area contributed by atoms with Crippen molar-refractivity contribution in [2.75, 3.05) is 7.05 Å². The van der Waals surface area contributed by atoms with Gasteiger partial charge in [-0.25, -0.2) is 0 Å². The minimum absolute atomic E-state index is 0.0513. The van der Waals surface area contributed by atoms with Crippen LogP contribution in [0.1, 0.15) is 45.4 Å².